The number of hydrogen-bond donors (Lipinski definition) is 1. The Morgan fingerprint density at radius 3 is 2.73 bits per heavy atom. The first-order valence-electron chi connectivity index (χ1n) is 7.90. The highest BCUT2D eigenvalue weighted by Crippen LogP contribution is 2.35. The zero-order valence-corrected chi connectivity index (χ0v) is 13.2. The van der Waals surface area contributed by atoms with Crippen LogP contribution in [-0.2, 0) is 9.84 Å². The second kappa shape index (κ2) is 5.03. The van der Waals surface area contributed by atoms with E-state index in [-0.39, 0.29) is 11.3 Å². The number of nitrogens with two attached hydrogens (primary N) is 1. The topological polar surface area (TPSA) is 90.3 Å². The van der Waals surface area contributed by atoms with Crippen LogP contribution in [0.5, 0.6) is 0 Å². The molecular weight excluding hydrogens is 300 g/mol. The quantitative estimate of drug-likeness (QED) is 0.928. The third-order valence-electron chi connectivity index (χ3n) is 4.78. The molecule has 0 aliphatic heterocycles. The van der Waals surface area contributed by atoms with Gasteiger partial charge in [-0.05, 0) is 38.2 Å². The lowest BCUT2D eigenvalue weighted by atomic mass is 9.85. The number of nitrogens with zero attached hydrogens (tertiary/aromatic N) is 3. The van der Waals surface area contributed by atoms with Crippen molar-refractivity contribution in [3.05, 3.63) is 24.2 Å². The Morgan fingerprint density at radius 1 is 1.18 bits per heavy atom. The number of sulfone groups is 1. The molecule has 2 atom stereocenters. The van der Waals surface area contributed by atoms with Gasteiger partial charge in [-0.3, -0.25) is 4.40 Å². The van der Waals surface area contributed by atoms with Crippen molar-refractivity contribution in [2.45, 2.75) is 60.6 Å². The maximum Gasteiger partial charge on any atom is 0.181 e. The largest absolute Gasteiger partial charge is 0.328 e. The molecule has 0 bridgehead atoms. The third kappa shape index (κ3) is 2.32. The molecule has 2 heterocycles. The van der Waals surface area contributed by atoms with Gasteiger partial charge in [-0.25, -0.2) is 8.42 Å². The lowest BCUT2D eigenvalue weighted by Gasteiger charge is -2.25. The van der Waals surface area contributed by atoms with Crippen LogP contribution in [0.25, 0.3) is 5.65 Å². The van der Waals surface area contributed by atoms with E-state index in [4.69, 9.17) is 5.73 Å². The van der Waals surface area contributed by atoms with E-state index in [2.05, 4.69) is 10.2 Å². The predicted molar refractivity (Wildman–Crippen MR) is 82.4 cm³/mol. The first-order chi connectivity index (χ1) is 10.6. The van der Waals surface area contributed by atoms with Crippen LogP contribution in [0.3, 0.4) is 0 Å². The van der Waals surface area contributed by atoms with Crippen molar-refractivity contribution in [1.29, 1.82) is 0 Å². The van der Waals surface area contributed by atoms with E-state index in [1.807, 2.05) is 4.40 Å². The fourth-order valence-corrected chi connectivity index (χ4v) is 5.04. The maximum atomic E-state index is 12.3. The summed E-state index contributed by atoms with van der Waals surface area (Å²) in [5, 5.41) is 8.28. The Bertz CT molecular complexity index is 810. The minimum Gasteiger partial charge on any atom is -0.328 e. The molecule has 2 aromatic heterocycles. The molecule has 22 heavy (non-hydrogen) atoms. The van der Waals surface area contributed by atoms with Gasteiger partial charge in [0.1, 0.15) is 5.82 Å². The Balaban J connectivity index is 1.71. The molecule has 0 radical (unpaired) electrons. The summed E-state index contributed by atoms with van der Waals surface area (Å²) in [7, 11) is -3.18. The van der Waals surface area contributed by atoms with Gasteiger partial charge in [0.15, 0.2) is 15.5 Å². The zero-order valence-electron chi connectivity index (χ0n) is 12.4. The molecule has 2 N–H and O–H groups in total. The van der Waals surface area contributed by atoms with E-state index in [1.165, 1.54) is 0 Å². The molecule has 2 saturated carbocycles. The number of hydrogen-bond acceptors (Lipinski definition) is 5. The van der Waals surface area contributed by atoms with Crippen LogP contribution < -0.4 is 5.73 Å². The summed E-state index contributed by atoms with van der Waals surface area (Å²) in [6.07, 6.45) is 7.49. The van der Waals surface area contributed by atoms with Crippen LogP contribution in [-0.4, -0.2) is 34.3 Å². The van der Waals surface area contributed by atoms with Gasteiger partial charge in [-0.1, -0.05) is 6.42 Å². The van der Waals surface area contributed by atoms with Gasteiger partial charge < -0.3 is 5.73 Å². The van der Waals surface area contributed by atoms with Crippen molar-refractivity contribution in [3.63, 3.8) is 0 Å². The molecule has 0 amide bonds. The summed E-state index contributed by atoms with van der Waals surface area (Å²) >= 11 is 0. The summed E-state index contributed by atoms with van der Waals surface area (Å²) in [6, 6.07) is 3.55. The van der Waals surface area contributed by atoms with Gasteiger partial charge >= 0.3 is 0 Å². The van der Waals surface area contributed by atoms with E-state index in [9.17, 15) is 8.42 Å². The fraction of sp³-hybridized carbons (Fsp3) is 0.600. The molecule has 2 aromatic rings. The summed E-state index contributed by atoms with van der Waals surface area (Å²) in [4.78, 5) is 0.363. The molecule has 7 heteroatoms. The van der Waals surface area contributed by atoms with Crippen molar-refractivity contribution < 1.29 is 8.42 Å². The smallest absolute Gasteiger partial charge is 0.181 e. The molecule has 2 aliphatic rings. The SMILES string of the molecule is NC1CCCC(c2nnc3cc(S(=O)(=O)C4CC4)ccn23)C1. The maximum absolute atomic E-state index is 12.3. The van der Waals surface area contributed by atoms with Crippen LogP contribution in [0.1, 0.15) is 50.3 Å². The number of aromatic nitrogens is 3. The Hall–Kier alpha value is -1.47. The van der Waals surface area contributed by atoms with Crippen LogP contribution in [0.4, 0.5) is 0 Å². The average molecular weight is 320 g/mol. The standard InChI is InChI=1S/C15H20N4O2S/c16-11-3-1-2-10(8-11)15-18-17-14-9-13(6-7-19(14)15)22(20,21)12-4-5-12/h6-7,9-12H,1-5,8,16H2. The van der Waals surface area contributed by atoms with E-state index in [1.54, 1.807) is 18.3 Å². The highest BCUT2D eigenvalue weighted by Gasteiger charge is 2.37. The lowest BCUT2D eigenvalue weighted by molar-refractivity contribution is 0.380. The summed E-state index contributed by atoms with van der Waals surface area (Å²) in [5.74, 6) is 1.21. The minimum absolute atomic E-state index is 0.200. The monoisotopic (exact) mass is 320 g/mol. The van der Waals surface area contributed by atoms with Crippen LogP contribution in [0.15, 0.2) is 23.2 Å². The second-order valence-electron chi connectivity index (χ2n) is 6.52. The molecule has 0 saturated heterocycles. The summed E-state index contributed by atoms with van der Waals surface area (Å²) < 4.78 is 26.5. The molecule has 2 fully saturated rings. The first-order valence-corrected chi connectivity index (χ1v) is 9.44. The van der Waals surface area contributed by atoms with E-state index in [0.717, 1.165) is 44.3 Å². The normalized spacial score (nSPS) is 26.4. The molecule has 2 aliphatic carbocycles. The van der Waals surface area contributed by atoms with Crippen molar-refractivity contribution in [2.24, 2.45) is 5.73 Å². The zero-order chi connectivity index (χ0) is 15.3. The van der Waals surface area contributed by atoms with Crippen molar-refractivity contribution in [2.75, 3.05) is 0 Å². The molecule has 0 spiro atoms. The Morgan fingerprint density at radius 2 is 2.00 bits per heavy atom. The van der Waals surface area contributed by atoms with Crippen molar-refractivity contribution >= 4 is 15.5 Å². The minimum atomic E-state index is -3.18. The molecule has 6 nitrogen and oxygen atoms in total. The van der Waals surface area contributed by atoms with Gasteiger partial charge in [-0.15, -0.1) is 10.2 Å². The van der Waals surface area contributed by atoms with Crippen LogP contribution >= 0.6 is 0 Å². The number of rotatable bonds is 3. The molecular formula is C15H20N4O2S. The van der Waals surface area contributed by atoms with Gasteiger partial charge in [0.05, 0.1) is 10.1 Å². The highest BCUT2D eigenvalue weighted by atomic mass is 32.2. The molecule has 118 valence electrons. The van der Waals surface area contributed by atoms with E-state index in [0.29, 0.717) is 16.5 Å². The lowest BCUT2D eigenvalue weighted by Crippen LogP contribution is -2.27. The molecule has 4 rings (SSSR count). The first kappa shape index (κ1) is 14.1. The molecule has 2 unspecified atom stereocenters. The third-order valence-corrected chi connectivity index (χ3v) is 7.04. The van der Waals surface area contributed by atoms with Gasteiger partial charge in [0.2, 0.25) is 0 Å². The highest BCUT2D eigenvalue weighted by molar-refractivity contribution is 7.92. The Labute approximate surface area is 129 Å². The Kier molecular flexibility index (Phi) is 3.23. The van der Waals surface area contributed by atoms with Gasteiger partial charge in [0.25, 0.3) is 0 Å². The van der Waals surface area contributed by atoms with E-state index >= 15 is 0 Å². The van der Waals surface area contributed by atoms with Gasteiger partial charge in [-0.2, -0.15) is 0 Å². The van der Waals surface area contributed by atoms with Crippen molar-refractivity contribution in [1.82, 2.24) is 14.6 Å². The van der Waals surface area contributed by atoms with Gasteiger partial charge in [0, 0.05) is 24.2 Å². The fourth-order valence-electron chi connectivity index (χ4n) is 3.38. The average Bonchev–Trinajstić information content (AvgIpc) is 3.27. The summed E-state index contributed by atoms with van der Waals surface area (Å²) in [5.41, 5.74) is 6.67. The number of fused-ring (bicyclic) bond motifs is 1. The molecule has 0 aromatic carbocycles. The van der Waals surface area contributed by atoms with Crippen LogP contribution in [0.2, 0.25) is 0 Å². The predicted octanol–water partition coefficient (Wildman–Crippen LogP) is 1.65. The van der Waals surface area contributed by atoms with Crippen LogP contribution in [0, 0.1) is 0 Å². The van der Waals surface area contributed by atoms with Crippen molar-refractivity contribution in [3.8, 4) is 0 Å². The number of pyridine rings is 1. The summed E-state index contributed by atoms with van der Waals surface area (Å²) in [6.45, 7) is 0. The second-order valence-corrected chi connectivity index (χ2v) is 8.74. The van der Waals surface area contributed by atoms with E-state index < -0.39 is 9.84 Å².